The predicted molar refractivity (Wildman–Crippen MR) is 95.1 cm³/mol. The van der Waals surface area contributed by atoms with Crippen LogP contribution in [0.4, 0.5) is 5.82 Å². The average Bonchev–Trinajstić information content (AvgIpc) is 3.30. The van der Waals surface area contributed by atoms with Gasteiger partial charge in [-0.05, 0) is 25.1 Å². The van der Waals surface area contributed by atoms with Gasteiger partial charge in [0.25, 0.3) is 0 Å². The Balaban J connectivity index is 1.70. The Morgan fingerprint density at radius 3 is 2.73 bits per heavy atom. The molecule has 26 heavy (non-hydrogen) atoms. The van der Waals surface area contributed by atoms with Gasteiger partial charge in [-0.1, -0.05) is 5.21 Å². The van der Waals surface area contributed by atoms with Crippen LogP contribution in [0.2, 0.25) is 0 Å². The van der Waals surface area contributed by atoms with E-state index in [2.05, 4.69) is 20.7 Å². The second kappa shape index (κ2) is 7.68. The van der Waals surface area contributed by atoms with Gasteiger partial charge in [0.2, 0.25) is 5.91 Å². The predicted octanol–water partition coefficient (Wildman–Crippen LogP) is 1.82. The molecule has 3 aromatic rings. The monoisotopic (exact) mass is 356 g/mol. The summed E-state index contributed by atoms with van der Waals surface area (Å²) in [6, 6.07) is 7.32. The fraction of sp³-hybridized carbons (Fsp3) is 0.294. The molecule has 9 nitrogen and oxygen atoms in total. The molecule has 0 spiro atoms. The van der Waals surface area contributed by atoms with Crippen molar-refractivity contribution in [1.82, 2.24) is 24.8 Å². The minimum atomic E-state index is -0.232. The second-order valence-electron chi connectivity index (χ2n) is 5.47. The summed E-state index contributed by atoms with van der Waals surface area (Å²) in [5.41, 5.74) is 1.52. The van der Waals surface area contributed by atoms with Gasteiger partial charge in [-0.3, -0.25) is 14.2 Å². The average molecular weight is 356 g/mol. The van der Waals surface area contributed by atoms with Crippen molar-refractivity contribution in [2.45, 2.75) is 20.0 Å². The quantitative estimate of drug-likeness (QED) is 0.694. The van der Waals surface area contributed by atoms with E-state index in [1.807, 2.05) is 25.1 Å². The highest BCUT2D eigenvalue weighted by atomic mass is 16.5. The standard InChI is InChI=1S/C17H20N6O3/c1-4-22-10-16(19-21-22)18-17(24)11-23-8-7-14(20-23)13-6-5-12(25-2)9-15(13)26-3/h5-10H,4,11H2,1-3H3,(H,18,24). The van der Waals surface area contributed by atoms with Gasteiger partial charge in [0.15, 0.2) is 5.82 Å². The van der Waals surface area contributed by atoms with E-state index in [9.17, 15) is 4.79 Å². The summed E-state index contributed by atoms with van der Waals surface area (Å²) in [4.78, 5) is 12.1. The first-order valence-electron chi connectivity index (χ1n) is 8.08. The number of benzene rings is 1. The minimum Gasteiger partial charge on any atom is -0.497 e. The number of anilines is 1. The molecule has 0 saturated heterocycles. The molecule has 0 aliphatic carbocycles. The number of hydrogen-bond acceptors (Lipinski definition) is 6. The van der Waals surface area contributed by atoms with Crippen LogP contribution in [-0.4, -0.2) is 44.9 Å². The van der Waals surface area contributed by atoms with Crippen LogP contribution in [0.15, 0.2) is 36.7 Å². The molecule has 2 heterocycles. The van der Waals surface area contributed by atoms with Crippen molar-refractivity contribution in [3.05, 3.63) is 36.7 Å². The van der Waals surface area contributed by atoms with Crippen LogP contribution in [0.5, 0.6) is 11.5 Å². The summed E-state index contributed by atoms with van der Waals surface area (Å²) < 4.78 is 13.8. The first kappa shape index (κ1) is 17.5. The van der Waals surface area contributed by atoms with Gasteiger partial charge in [0, 0.05) is 24.4 Å². The van der Waals surface area contributed by atoms with Crippen molar-refractivity contribution in [3.63, 3.8) is 0 Å². The molecule has 0 saturated carbocycles. The smallest absolute Gasteiger partial charge is 0.247 e. The molecule has 9 heteroatoms. The van der Waals surface area contributed by atoms with Gasteiger partial charge < -0.3 is 14.8 Å². The van der Waals surface area contributed by atoms with Crippen LogP contribution >= 0.6 is 0 Å². The fourth-order valence-electron chi connectivity index (χ4n) is 2.44. The molecule has 3 rings (SSSR count). The number of carbonyl (C=O) groups excluding carboxylic acids is 1. The molecular formula is C17H20N6O3. The third-order valence-electron chi connectivity index (χ3n) is 3.76. The molecule has 0 aliphatic rings. The van der Waals surface area contributed by atoms with Crippen LogP contribution in [0, 0.1) is 0 Å². The van der Waals surface area contributed by atoms with E-state index in [4.69, 9.17) is 9.47 Å². The van der Waals surface area contributed by atoms with Crippen LogP contribution in [0.3, 0.4) is 0 Å². The molecule has 2 aromatic heterocycles. The molecular weight excluding hydrogens is 336 g/mol. The summed E-state index contributed by atoms with van der Waals surface area (Å²) >= 11 is 0. The highest BCUT2D eigenvalue weighted by molar-refractivity contribution is 5.89. The van der Waals surface area contributed by atoms with Crippen molar-refractivity contribution >= 4 is 11.7 Å². The van der Waals surface area contributed by atoms with E-state index in [0.29, 0.717) is 29.6 Å². The Morgan fingerprint density at radius 2 is 2.04 bits per heavy atom. The fourth-order valence-corrected chi connectivity index (χ4v) is 2.44. The van der Waals surface area contributed by atoms with Gasteiger partial charge in [-0.2, -0.15) is 5.10 Å². The first-order chi connectivity index (χ1) is 12.6. The summed E-state index contributed by atoms with van der Waals surface area (Å²) in [5, 5.41) is 14.9. The number of methoxy groups -OCH3 is 2. The van der Waals surface area contributed by atoms with E-state index in [0.717, 1.165) is 5.56 Å². The second-order valence-corrected chi connectivity index (χ2v) is 5.47. The molecule has 1 amide bonds. The van der Waals surface area contributed by atoms with Crippen molar-refractivity contribution in [1.29, 1.82) is 0 Å². The van der Waals surface area contributed by atoms with Gasteiger partial charge in [0.1, 0.15) is 18.0 Å². The molecule has 0 unspecified atom stereocenters. The normalized spacial score (nSPS) is 10.6. The molecule has 136 valence electrons. The number of aryl methyl sites for hydroxylation is 1. The lowest BCUT2D eigenvalue weighted by Crippen LogP contribution is -2.19. The summed E-state index contributed by atoms with van der Waals surface area (Å²) in [6.45, 7) is 2.70. The zero-order valence-electron chi connectivity index (χ0n) is 14.8. The highest BCUT2D eigenvalue weighted by Crippen LogP contribution is 2.32. The zero-order chi connectivity index (χ0) is 18.5. The summed E-state index contributed by atoms with van der Waals surface area (Å²) in [7, 11) is 3.19. The van der Waals surface area contributed by atoms with Crippen molar-refractivity contribution < 1.29 is 14.3 Å². The van der Waals surface area contributed by atoms with E-state index < -0.39 is 0 Å². The van der Waals surface area contributed by atoms with Crippen LogP contribution in [-0.2, 0) is 17.9 Å². The Morgan fingerprint density at radius 1 is 1.19 bits per heavy atom. The molecule has 1 N–H and O–H groups in total. The Hall–Kier alpha value is -3.36. The number of nitrogens with zero attached hydrogens (tertiary/aromatic N) is 5. The third kappa shape index (κ3) is 3.82. The van der Waals surface area contributed by atoms with Crippen LogP contribution in [0.25, 0.3) is 11.3 Å². The molecule has 1 aromatic carbocycles. The summed E-state index contributed by atoms with van der Waals surface area (Å²) in [6.07, 6.45) is 3.41. The maximum absolute atomic E-state index is 12.1. The van der Waals surface area contributed by atoms with Gasteiger partial charge in [0.05, 0.1) is 26.1 Å². The summed E-state index contributed by atoms with van der Waals surface area (Å²) in [5.74, 6) is 1.53. The van der Waals surface area contributed by atoms with Gasteiger partial charge in [-0.15, -0.1) is 5.10 Å². The molecule has 0 bridgehead atoms. The van der Waals surface area contributed by atoms with Crippen LogP contribution < -0.4 is 14.8 Å². The topological polar surface area (TPSA) is 96.1 Å². The number of rotatable bonds is 7. The van der Waals surface area contributed by atoms with E-state index in [1.54, 1.807) is 42.0 Å². The maximum Gasteiger partial charge on any atom is 0.247 e. The van der Waals surface area contributed by atoms with Crippen LogP contribution in [0.1, 0.15) is 6.92 Å². The Bertz CT molecular complexity index is 902. The van der Waals surface area contributed by atoms with E-state index >= 15 is 0 Å². The lowest BCUT2D eigenvalue weighted by molar-refractivity contribution is -0.116. The third-order valence-corrected chi connectivity index (χ3v) is 3.76. The lowest BCUT2D eigenvalue weighted by atomic mass is 10.1. The number of nitrogens with one attached hydrogen (secondary N) is 1. The molecule has 0 atom stereocenters. The SMILES string of the molecule is CCn1cc(NC(=O)Cn2ccc(-c3ccc(OC)cc3OC)n2)nn1. The van der Waals surface area contributed by atoms with E-state index in [1.165, 1.54) is 0 Å². The van der Waals surface area contributed by atoms with Crippen molar-refractivity contribution in [3.8, 4) is 22.8 Å². The van der Waals surface area contributed by atoms with Crippen molar-refractivity contribution in [2.24, 2.45) is 0 Å². The lowest BCUT2D eigenvalue weighted by Gasteiger charge is -2.08. The molecule has 0 fully saturated rings. The molecule has 0 radical (unpaired) electrons. The van der Waals surface area contributed by atoms with E-state index in [-0.39, 0.29) is 12.5 Å². The highest BCUT2D eigenvalue weighted by Gasteiger charge is 2.12. The largest absolute Gasteiger partial charge is 0.497 e. The molecule has 0 aliphatic heterocycles. The number of carbonyl (C=O) groups is 1. The Kier molecular flexibility index (Phi) is 5.16. The minimum absolute atomic E-state index is 0.0669. The maximum atomic E-state index is 12.1. The Labute approximate surface area is 150 Å². The number of ether oxygens (including phenoxy) is 2. The van der Waals surface area contributed by atoms with Crippen molar-refractivity contribution in [2.75, 3.05) is 19.5 Å². The number of aromatic nitrogens is 5. The number of amides is 1. The van der Waals surface area contributed by atoms with Gasteiger partial charge >= 0.3 is 0 Å². The zero-order valence-corrected chi connectivity index (χ0v) is 14.8. The first-order valence-corrected chi connectivity index (χ1v) is 8.08. The number of hydrogen-bond donors (Lipinski definition) is 1. The van der Waals surface area contributed by atoms with Gasteiger partial charge in [-0.25, -0.2) is 0 Å².